The van der Waals surface area contributed by atoms with Gasteiger partial charge >= 0.3 is 0 Å². The molecule has 8 aliphatic rings. The van der Waals surface area contributed by atoms with Crippen LogP contribution in [-0.2, 0) is 112 Å². The molecular weight excluding hydrogens is 1510 g/mol. The molecule has 0 radical (unpaired) electrons. The van der Waals surface area contributed by atoms with Gasteiger partial charge in [0.2, 0.25) is 0 Å². The van der Waals surface area contributed by atoms with Gasteiger partial charge in [-0.3, -0.25) is 19.6 Å². The zero-order valence-corrected chi connectivity index (χ0v) is 69.1. The summed E-state index contributed by atoms with van der Waals surface area (Å²) >= 11 is 0. The Morgan fingerprint density at radius 2 is 0.563 bits per heavy atom. The van der Waals surface area contributed by atoms with E-state index in [1.807, 2.05) is 66.7 Å². The largest absolute Gasteiger partial charge is 0.496 e. The summed E-state index contributed by atoms with van der Waals surface area (Å²) in [5.74, 6) is 4.72. The quantitative estimate of drug-likeness (QED) is 0.0378. The summed E-state index contributed by atoms with van der Waals surface area (Å²) in [7, 11) is 11.4. The molecule has 0 amide bonds. The molecule has 12 aromatic rings. The Hall–Kier alpha value is -9.28. The normalized spacial score (nSPS) is 19.3. The van der Waals surface area contributed by atoms with Gasteiger partial charge in [-0.2, -0.15) is 0 Å². The van der Waals surface area contributed by atoms with Crippen LogP contribution in [0.2, 0.25) is 0 Å². The Labute approximate surface area is 692 Å². The van der Waals surface area contributed by atoms with E-state index >= 15 is 0 Å². The van der Waals surface area contributed by atoms with E-state index in [4.69, 9.17) is 33.2 Å². The van der Waals surface area contributed by atoms with E-state index in [0.29, 0.717) is 68.8 Å². The number of methoxy groups -OCH3 is 7. The first-order chi connectivity index (χ1) is 58.1. The molecule has 5 atom stereocenters. The Balaban J connectivity index is 0.000000113. The zero-order chi connectivity index (χ0) is 82.9. The molecule has 8 heterocycles. The Kier molecular flexibility index (Phi) is 23.7. The molecule has 20 rings (SSSR count). The van der Waals surface area contributed by atoms with Crippen molar-refractivity contribution in [1.82, 2.24) is 19.6 Å². The minimum atomic E-state index is -0.587. The molecule has 4 saturated heterocycles. The molecule has 22 nitrogen and oxygen atoms in total. The SMILES string of the molecule is COc1cc2c3c(c4cc(OC)c(CO)cc4c2cc1CO)CN1CCC[C@@H]1C3.COc1cc2c3c(c4cc(OC)c(CO)cc4c2cc1CO)CN1CCC[C@H]1C3.COc1cc2c3c(c4cc(OC)c(CO)cc4c2cc1CO)[C@H](O)[C@@H]1CCCN1C3.COc1cc2c3c(c4ccc(CO)c(CO)c4c2c(CO)c1CO)CN1CCC[C@@H]1C3. The summed E-state index contributed by atoms with van der Waals surface area (Å²) in [6.45, 7) is 6.47. The van der Waals surface area contributed by atoms with Gasteiger partial charge in [0.05, 0.1) is 122 Å². The van der Waals surface area contributed by atoms with E-state index in [9.17, 15) is 56.2 Å². The molecule has 0 aliphatic carbocycles. The fourth-order valence-corrected chi connectivity index (χ4v) is 22.0. The summed E-state index contributed by atoms with van der Waals surface area (Å²) in [5, 5.41) is 128. The third-order valence-electron chi connectivity index (χ3n) is 27.8. The van der Waals surface area contributed by atoms with Crippen molar-refractivity contribution < 1.29 is 89.3 Å². The number of fused-ring (bicyclic) bond motifs is 28. The molecule has 8 aliphatic heterocycles. The number of aliphatic hydroxyl groups is 11. The zero-order valence-electron chi connectivity index (χ0n) is 69.1. The fourth-order valence-electron chi connectivity index (χ4n) is 22.0. The summed E-state index contributed by atoms with van der Waals surface area (Å²) in [5.41, 5.74) is 17.1. The lowest BCUT2D eigenvalue weighted by Gasteiger charge is -2.37. The van der Waals surface area contributed by atoms with Crippen LogP contribution in [0.15, 0.2) is 91.0 Å². The average molecular weight is 1620 g/mol. The van der Waals surface area contributed by atoms with Crippen LogP contribution in [0, 0.1) is 0 Å². The number of rotatable bonds is 17. The number of ether oxygens (including phenoxy) is 7. The van der Waals surface area contributed by atoms with E-state index in [2.05, 4.69) is 43.9 Å². The Morgan fingerprint density at radius 3 is 0.924 bits per heavy atom. The van der Waals surface area contributed by atoms with Gasteiger partial charge in [0, 0.05) is 89.3 Å². The Bertz CT molecular complexity index is 5620. The molecule has 0 spiro atoms. The summed E-state index contributed by atoms with van der Waals surface area (Å²) in [6.07, 6.45) is 11.9. The molecule has 0 saturated carbocycles. The van der Waals surface area contributed by atoms with Crippen LogP contribution in [-0.4, -0.2) is 176 Å². The third kappa shape index (κ3) is 14.0. The van der Waals surface area contributed by atoms with Gasteiger partial charge in [-0.15, -0.1) is 0 Å². The van der Waals surface area contributed by atoms with Crippen molar-refractivity contribution in [3.63, 3.8) is 0 Å². The Morgan fingerprint density at radius 1 is 0.269 bits per heavy atom. The number of aliphatic hydroxyl groups excluding tert-OH is 11. The van der Waals surface area contributed by atoms with Crippen LogP contribution in [0.3, 0.4) is 0 Å². The highest BCUT2D eigenvalue weighted by atomic mass is 16.5. The lowest BCUT2D eigenvalue weighted by molar-refractivity contribution is 0.0552. The molecular formula is C97H110N4O18. The van der Waals surface area contributed by atoms with Crippen LogP contribution < -0.4 is 33.2 Å². The van der Waals surface area contributed by atoms with Gasteiger partial charge in [0.25, 0.3) is 0 Å². The molecule has 0 bridgehead atoms. The van der Waals surface area contributed by atoms with E-state index < -0.39 is 6.10 Å². The van der Waals surface area contributed by atoms with Crippen molar-refractivity contribution in [2.24, 2.45) is 0 Å². The standard InChI is InChI=1S/C25H29NO5.C24H27NO5.2C24H27NO4/c1-31-23-8-18-17-7-15-3-2-6-26(15)9-19(17)16-5-4-14(10-27)20(11-28)24(16)25(18)22(13-30)21(23)12-29;1-29-21-8-17-15(6-13(21)11-26)16-7-14(12-27)22(30-2)9-18(16)23-19(17)10-25-5-3-4-20(25)24(23)28;2*1-28-23-9-20-17(6-14(23)12-26)18-7-15(13-27)24(29-2)10-21(18)22-11-25-5-3-4-16(25)8-19(20)22/h4-5,8,15,27-30H,2-3,6-7,9-13H2,1H3;6-9,20,24,26-28H,3-5,10-12H2,1-2H3;2*6-7,9-10,16,26-27H,3-5,8,11-13H2,1-2H3/t15-;20-,24+;2*16-/m1010/s1. The second-order valence-electron chi connectivity index (χ2n) is 33.2. The molecule has 22 heteroatoms. The minimum absolute atomic E-state index is 0.0723. The van der Waals surface area contributed by atoms with Gasteiger partial charge in [-0.1, -0.05) is 12.1 Å². The van der Waals surface area contributed by atoms with Crippen LogP contribution in [0.4, 0.5) is 0 Å². The maximum Gasteiger partial charge on any atom is 0.125 e. The fraction of sp³-hybridized carbons (Fsp3) is 0.423. The second kappa shape index (κ2) is 34.3. The van der Waals surface area contributed by atoms with Crippen LogP contribution in [0.1, 0.15) is 158 Å². The van der Waals surface area contributed by atoms with E-state index in [1.54, 1.807) is 49.8 Å². The molecule has 119 heavy (non-hydrogen) atoms. The number of benzene rings is 12. The highest BCUT2D eigenvalue weighted by Gasteiger charge is 2.41. The second-order valence-corrected chi connectivity index (χ2v) is 33.2. The summed E-state index contributed by atoms with van der Waals surface area (Å²) in [4.78, 5) is 10.1. The first kappa shape index (κ1) is 82.1. The summed E-state index contributed by atoms with van der Waals surface area (Å²) in [6, 6.07) is 32.1. The number of nitrogens with zero attached hydrogens (tertiary/aromatic N) is 4. The molecule has 4 fully saturated rings. The van der Waals surface area contributed by atoms with Gasteiger partial charge in [-0.05, 0) is 323 Å². The van der Waals surface area contributed by atoms with Crippen molar-refractivity contribution in [3.8, 4) is 40.2 Å². The highest BCUT2D eigenvalue weighted by molar-refractivity contribution is 6.17. The molecule has 11 N–H and O–H groups in total. The van der Waals surface area contributed by atoms with Gasteiger partial charge in [0.15, 0.2) is 0 Å². The topological polar surface area (TPSA) is 300 Å². The van der Waals surface area contributed by atoms with Crippen molar-refractivity contribution in [1.29, 1.82) is 0 Å². The summed E-state index contributed by atoms with van der Waals surface area (Å²) < 4.78 is 39.0. The van der Waals surface area contributed by atoms with Crippen LogP contribution >= 0.6 is 0 Å². The molecule has 0 unspecified atom stereocenters. The monoisotopic (exact) mass is 1620 g/mol. The van der Waals surface area contributed by atoms with E-state index in [-0.39, 0.29) is 72.1 Å². The molecule has 0 aromatic heterocycles. The predicted octanol–water partition coefficient (Wildman–Crippen LogP) is 12.5. The first-order valence-corrected chi connectivity index (χ1v) is 41.9. The lowest BCUT2D eigenvalue weighted by Crippen LogP contribution is -2.39. The van der Waals surface area contributed by atoms with Crippen molar-refractivity contribution in [2.75, 3.05) is 75.9 Å². The smallest absolute Gasteiger partial charge is 0.125 e. The van der Waals surface area contributed by atoms with E-state index in [0.717, 1.165) is 205 Å². The third-order valence-corrected chi connectivity index (χ3v) is 27.8. The van der Waals surface area contributed by atoms with Gasteiger partial charge < -0.3 is 89.3 Å². The average Bonchev–Trinajstić information content (AvgIpc) is 1.62. The van der Waals surface area contributed by atoms with Crippen molar-refractivity contribution >= 4 is 86.2 Å². The van der Waals surface area contributed by atoms with Crippen molar-refractivity contribution in [2.45, 2.75) is 193 Å². The van der Waals surface area contributed by atoms with Crippen LogP contribution in [0.5, 0.6) is 40.2 Å². The van der Waals surface area contributed by atoms with Crippen molar-refractivity contribution in [3.05, 3.63) is 191 Å². The lowest BCUT2D eigenvalue weighted by atomic mass is 9.81. The number of hydrogen-bond acceptors (Lipinski definition) is 22. The maximum absolute atomic E-state index is 11.4. The molecule has 626 valence electrons. The maximum atomic E-state index is 11.4. The highest BCUT2D eigenvalue weighted by Crippen LogP contribution is 2.52. The first-order valence-electron chi connectivity index (χ1n) is 41.9. The predicted molar refractivity (Wildman–Crippen MR) is 461 cm³/mol. The van der Waals surface area contributed by atoms with E-state index in [1.165, 1.54) is 93.5 Å². The van der Waals surface area contributed by atoms with Gasteiger partial charge in [-0.25, -0.2) is 0 Å². The molecule has 12 aromatic carbocycles. The number of hydrogen-bond donors (Lipinski definition) is 11. The van der Waals surface area contributed by atoms with Gasteiger partial charge in [0.1, 0.15) is 40.2 Å². The minimum Gasteiger partial charge on any atom is -0.496 e. The van der Waals surface area contributed by atoms with Crippen LogP contribution in [0.25, 0.3) is 86.2 Å².